The summed E-state index contributed by atoms with van der Waals surface area (Å²) in [6.45, 7) is 3.88. The number of fused-ring (bicyclic) bond motifs is 2. The monoisotopic (exact) mass is 574 g/mol. The van der Waals surface area contributed by atoms with Gasteiger partial charge in [0.1, 0.15) is 16.9 Å². The number of aromatic nitrogens is 4. The third-order valence-electron chi connectivity index (χ3n) is 7.06. The molecule has 0 unspecified atom stereocenters. The Balaban J connectivity index is 1.64. The van der Waals surface area contributed by atoms with E-state index in [9.17, 15) is 22.0 Å². The number of halogens is 2. The zero-order valence-corrected chi connectivity index (χ0v) is 23.1. The Morgan fingerprint density at radius 3 is 2.44 bits per heavy atom. The molecule has 0 radical (unpaired) electrons. The topological polar surface area (TPSA) is 88.1 Å². The number of benzene rings is 3. The Morgan fingerprint density at radius 2 is 1.73 bits per heavy atom. The zero-order valence-electron chi connectivity index (χ0n) is 22.3. The van der Waals surface area contributed by atoms with Crippen molar-refractivity contribution in [2.75, 3.05) is 0 Å². The Morgan fingerprint density at radius 1 is 0.976 bits per heavy atom. The molecule has 0 atom stereocenters. The van der Waals surface area contributed by atoms with E-state index in [0.29, 0.717) is 27.5 Å². The van der Waals surface area contributed by atoms with Gasteiger partial charge in [0.2, 0.25) is 0 Å². The first-order valence-electron chi connectivity index (χ1n) is 12.7. The van der Waals surface area contributed by atoms with Crippen molar-refractivity contribution in [2.45, 2.75) is 25.3 Å². The van der Waals surface area contributed by atoms with Crippen molar-refractivity contribution in [3.05, 3.63) is 107 Å². The molecule has 3 aromatic carbocycles. The first-order valence-corrected chi connectivity index (χ1v) is 14.2. The predicted molar refractivity (Wildman–Crippen MR) is 152 cm³/mol. The molecule has 3 heterocycles. The molecule has 41 heavy (non-hydrogen) atoms. The molecule has 6 rings (SSSR count). The highest BCUT2D eigenvalue weighted by molar-refractivity contribution is 7.90. The molecule has 0 saturated heterocycles. The van der Waals surface area contributed by atoms with Gasteiger partial charge in [-0.2, -0.15) is 0 Å². The summed E-state index contributed by atoms with van der Waals surface area (Å²) in [7, 11) is -2.32. The van der Waals surface area contributed by atoms with Crippen molar-refractivity contribution in [2.24, 2.45) is 7.05 Å². The van der Waals surface area contributed by atoms with Crippen molar-refractivity contribution in [3.63, 3.8) is 0 Å². The second kappa shape index (κ2) is 9.70. The fourth-order valence-electron chi connectivity index (χ4n) is 4.89. The summed E-state index contributed by atoms with van der Waals surface area (Å²) in [5.41, 5.74) is 2.38. The minimum absolute atomic E-state index is 0.0371. The van der Waals surface area contributed by atoms with E-state index >= 15 is 0 Å². The number of rotatable bonds is 6. The molecule has 0 aliphatic heterocycles. The molecule has 0 aliphatic rings. The summed E-state index contributed by atoms with van der Waals surface area (Å²) < 4.78 is 65.9. The molecule has 0 bridgehead atoms. The van der Waals surface area contributed by atoms with Gasteiger partial charge in [-0.3, -0.25) is 4.79 Å². The first kappa shape index (κ1) is 26.5. The third kappa shape index (κ3) is 4.29. The minimum Gasteiger partial charge on any atom is -0.451 e. The fourth-order valence-corrected chi connectivity index (χ4v) is 6.24. The lowest BCUT2D eigenvalue weighted by atomic mass is 10.0. The molecule has 11 heteroatoms. The van der Waals surface area contributed by atoms with Gasteiger partial charge in [-0.25, -0.2) is 26.2 Å². The van der Waals surface area contributed by atoms with Gasteiger partial charge in [0.25, 0.3) is 15.6 Å². The SMILES string of the molecule is CCn1cc(-c2ccc3c(ncn3C)c2Oc2ccc(F)cc2F)c2ccn(S(=O)(=O)c3ccc(C)cc3)c2c1=O. The van der Waals surface area contributed by atoms with E-state index in [1.807, 2.05) is 6.92 Å². The van der Waals surface area contributed by atoms with E-state index in [-0.39, 0.29) is 28.5 Å². The number of imidazole rings is 1. The maximum atomic E-state index is 14.7. The van der Waals surface area contributed by atoms with Crippen LogP contribution in [0.25, 0.3) is 33.1 Å². The van der Waals surface area contributed by atoms with Gasteiger partial charge in [0.15, 0.2) is 17.3 Å². The maximum Gasteiger partial charge on any atom is 0.276 e. The highest BCUT2D eigenvalue weighted by Crippen LogP contribution is 2.42. The van der Waals surface area contributed by atoms with Crippen LogP contribution in [0.5, 0.6) is 11.5 Å². The number of ether oxygens (including phenoxy) is 1. The molecule has 0 N–H and O–H groups in total. The standard InChI is InChI=1S/C30H24F2N4O4S/c1-4-35-16-23(21-13-14-36(28(21)30(35)37)41(38,39)20-8-5-18(2)6-9-20)22-10-11-25-27(33-17-34(25)3)29(22)40-26-12-7-19(31)15-24(26)32/h5-17H,4H2,1-3H3. The molecular weight excluding hydrogens is 550 g/mol. The Hall–Kier alpha value is -4.77. The molecule has 208 valence electrons. The van der Waals surface area contributed by atoms with Crippen molar-refractivity contribution < 1.29 is 21.9 Å². The van der Waals surface area contributed by atoms with E-state index in [4.69, 9.17) is 4.74 Å². The van der Waals surface area contributed by atoms with Crippen LogP contribution in [0.4, 0.5) is 8.78 Å². The number of aryl methyl sites for hydroxylation is 3. The van der Waals surface area contributed by atoms with E-state index in [1.165, 1.54) is 29.0 Å². The molecule has 8 nitrogen and oxygen atoms in total. The number of pyridine rings is 1. The van der Waals surface area contributed by atoms with Gasteiger partial charge in [-0.05, 0) is 56.3 Å². The lowest BCUT2D eigenvalue weighted by Crippen LogP contribution is -2.24. The summed E-state index contributed by atoms with van der Waals surface area (Å²) in [5, 5.41) is 0.357. The van der Waals surface area contributed by atoms with Gasteiger partial charge in [-0.1, -0.05) is 17.7 Å². The highest BCUT2D eigenvalue weighted by Gasteiger charge is 2.25. The van der Waals surface area contributed by atoms with Gasteiger partial charge >= 0.3 is 0 Å². The summed E-state index contributed by atoms with van der Waals surface area (Å²) >= 11 is 0. The number of nitrogens with zero attached hydrogens (tertiary/aromatic N) is 4. The summed E-state index contributed by atoms with van der Waals surface area (Å²) in [5.74, 6) is -1.70. The second-order valence-corrected chi connectivity index (χ2v) is 11.5. The van der Waals surface area contributed by atoms with E-state index in [2.05, 4.69) is 4.98 Å². The number of hydrogen-bond acceptors (Lipinski definition) is 5. The van der Waals surface area contributed by atoms with Gasteiger partial charge < -0.3 is 13.9 Å². The van der Waals surface area contributed by atoms with Crippen LogP contribution in [-0.2, 0) is 23.6 Å². The van der Waals surface area contributed by atoms with Crippen LogP contribution in [-0.4, -0.2) is 26.5 Å². The van der Waals surface area contributed by atoms with Crippen LogP contribution < -0.4 is 10.3 Å². The first-order chi connectivity index (χ1) is 19.6. The Bertz CT molecular complexity index is 2150. The Labute approximate surface area is 233 Å². The normalized spacial score (nSPS) is 11.9. The molecule has 0 amide bonds. The van der Waals surface area contributed by atoms with Crippen LogP contribution in [0.2, 0.25) is 0 Å². The summed E-state index contributed by atoms with van der Waals surface area (Å²) in [4.78, 5) is 18.1. The molecule has 3 aromatic heterocycles. The average molecular weight is 575 g/mol. The van der Waals surface area contributed by atoms with E-state index in [0.717, 1.165) is 21.7 Å². The largest absolute Gasteiger partial charge is 0.451 e. The zero-order chi connectivity index (χ0) is 29.1. The highest BCUT2D eigenvalue weighted by atomic mass is 32.2. The molecular formula is C30H24F2N4O4S. The maximum absolute atomic E-state index is 14.7. The van der Waals surface area contributed by atoms with Gasteiger partial charge in [0, 0.05) is 48.6 Å². The van der Waals surface area contributed by atoms with Crippen LogP contribution >= 0.6 is 0 Å². The van der Waals surface area contributed by atoms with Crippen LogP contribution in [0.1, 0.15) is 12.5 Å². The minimum atomic E-state index is -4.11. The molecule has 0 saturated carbocycles. The molecule has 0 fully saturated rings. The summed E-state index contributed by atoms with van der Waals surface area (Å²) in [6.07, 6.45) is 4.55. The lowest BCUT2D eigenvalue weighted by molar-refractivity contribution is 0.442. The smallest absolute Gasteiger partial charge is 0.276 e. The van der Waals surface area contributed by atoms with E-state index in [1.54, 1.807) is 61.4 Å². The van der Waals surface area contributed by atoms with Crippen molar-refractivity contribution in [3.8, 4) is 22.6 Å². The third-order valence-corrected chi connectivity index (χ3v) is 8.75. The van der Waals surface area contributed by atoms with Crippen molar-refractivity contribution in [1.29, 1.82) is 0 Å². The second-order valence-electron chi connectivity index (χ2n) is 9.67. The van der Waals surface area contributed by atoms with Crippen LogP contribution in [0.15, 0.2) is 89.1 Å². The fraction of sp³-hybridized carbons (Fsp3) is 0.133. The lowest BCUT2D eigenvalue weighted by Gasteiger charge is -2.16. The van der Waals surface area contributed by atoms with Crippen molar-refractivity contribution >= 4 is 32.0 Å². The van der Waals surface area contributed by atoms with Gasteiger partial charge in [0.05, 0.1) is 16.7 Å². The number of hydrogen-bond donors (Lipinski definition) is 0. The molecule has 0 aliphatic carbocycles. The molecule has 6 aromatic rings. The predicted octanol–water partition coefficient (Wildman–Crippen LogP) is 5.99. The summed E-state index contributed by atoms with van der Waals surface area (Å²) in [6, 6.07) is 14.5. The van der Waals surface area contributed by atoms with Crippen LogP contribution in [0, 0.1) is 18.6 Å². The Kier molecular flexibility index (Phi) is 6.26. The van der Waals surface area contributed by atoms with Gasteiger partial charge in [-0.15, -0.1) is 0 Å². The van der Waals surface area contributed by atoms with E-state index < -0.39 is 27.2 Å². The quantitative estimate of drug-likeness (QED) is 0.244. The van der Waals surface area contributed by atoms with Crippen LogP contribution in [0.3, 0.4) is 0 Å². The average Bonchev–Trinajstić information content (AvgIpc) is 3.56. The van der Waals surface area contributed by atoms with Crippen molar-refractivity contribution in [1.82, 2.24) is 18.1 Å². The molecule has 0 spiro atoms.